The van der Waals surface area contributed by atoms with E-state index >= 15 is 0 Å². The number of hydrogen-bond acceptors (Lipinski definition) is 3. The quantitative estimate of drug-likeness (QED) is 0.730. The lowest BCUT2D eigenvalue weighted by Crippen LogP contribution is -2.24. The summed E-state index contributed by atoms with van der Waals surface area (Å²) in [6.45, 7) is 8.46. The molecule has 0 radical (unpaired) electrons. The zero-order valence-electron chi connectivity index (χ0n) is 12.5. The van der Waals surface area contributed by atoms with E-state index in [0.29, 0.717) is 0 Å². The highest BCUT2D eigenvalue weighted by atomic mass is 15.1. The van der Waals surface area contributed by atoms with E-state index in [1.807, 2.05) is 25.1 Å². The van der Waals surface area contributed by atoms with Crippen molar-refractivity contribution in [2.75, 3.05) is 18.0 Å². The normalized spacial score (nSPS) is 9.45. The van der Waals surface area contributed by atoms with Crippen molar-refractivity contribution in [3.8, 4) is 12.1 Å². The van der Waals surface area contributed by atoms with Crippen LogP contribution in [0.1, 0.15) is 37.8 Å². The molecule has 0 heterocycles. The third-order valence-electron chi connectivity index (χ3n) is 3.15. The number of aryl methyl sites for hydroxylation is 1. The van der Waals surface area contributed by atoms with Crippen molar-refractivity contribution >= 4 is 11.8 Å². The monoisotopic (exact) mass is 267 g/mol. The maximum Gasteiger partial charge on any atom is 0.130 e. The number of hydrogen-bond donors (Lipinski definition) is 0. The minimum Gasteiger partial charge on any atom is -0.372 e. The molecular weight excluding hydrogens is 246 g/mol. The van der Waals surface area contributed by atoms with Gasteiger partial charge in [-0.15, -0.1) is 0 Å². The van der Waals surface area contributed by atoms with Gasteiger partial charge in [0.25, 0.3) is 0 Å². The van der Waals surface area contributed by atoms with Crippen molar-refractivity contribution < 1.29 is 0 Å². The molecule has 0 saturated heterocycles. The summed E-state index contributed by atoms with van der Waals surface area (Å²) in [5.74, 6) is 0. The minimum absolute atomic E-state index is 0.139. The van der Waals surface area contributed by atoms with Crippen LogP contribution in [-0.2, 0) is 0 Å². The van der Waals surface area contributed by atoms with E-state index in [9.17, 15) is 0 Å². The molecule has 1 rings (SSSR count). The molecule has 0 atom stereocenters. The molecule has 3 nitrogen and oxygen atoms in total. The Hall–Kier alpha value is -2.26. The molecule has 1 aromatic carbocycles. The molecule has 0 N–H and O–H groups in total. The number of anilines is 1. The second-order valence-electron chi connectivity index (χ2n) is 4.81. The van der Waals surface area contributed by atoms with E-state index in [0.717, 1.165) is 37.1 Å². The molecule has 1 aromatic rings. The summed E-state index contributed by atoms with van der Waals surface area (Å²) in [5.41, 5.74) is 3.36. The van der Waals surface area contributed by atoms with Crippen molar-refractivity contribution in [2.45, 2.75) is 33.6 Å². The first-order valence-electron chi connectivity index (χ1n) is 7.03. The van der Waals surface area contributed by atoms with E-state index in [1.165, 1.54) is 5.69 Å². The predicted octanol–water partition coefficient (Wildman–Crippen LogP) is 4.05. The van der Waals surface area contributed by atoms with Crippen molar-refractivity contribution in [1.29, 1.82) is 10.5 Å². The van der Waals surface area contributed by atoms with Gasteiger partial charge in [0.2, 0.25) is 0 Å². The van der Waals surface area contributed by atoms with Crippen molar-refractivity contribution in [3.63, 3.8) is 0 Å². The van der Waals surface area contributed by atoms with Crippen LogP contribution in [0, 0.1) is 29.6 Å². The standard InChI is InChI=1S/C17H21N3/c1-4-8-20(9-5-2)17-7-6-16(14(3)10-17)11-15(12-18)13-19/h6-7,10-11H,4-5,8-9H2,1-3H3. The first-order valence-corrected chi connectivity index (χ1v) is 7.03. The molecule has 0 spiro atoms. The van der Waals surface area contributed by atoms with E-state index < -0.39 is 0 Å². The Morgan fingerprint density at radius 3 is 2.20 bits per heavy atom. The van der Waals surface area contributed by atoms with E-state index in [1.54, 1.807) is 6.08 Å². The molecular formula is C17H21N3. The second-order valence-corrected chi connectivity index (χ2v) is 4.81. The van der Waals surface area contributed by atoms with Crippen LogP contribution in [0.15, 0.2) is 23.8 Å². The molecule has 0 saturated carbocycles. The lowest BCUT2D eigenvalue weighted by molar-refractivity contribution is 0.744. The van der Waals surface area contributed by atoms with Crippen LogP contribution in [0.2, 0.25) is 0 Å². The predicted molar refractivity (Wildman–Crippen MR) is 83.2 cm³/mol. The first-order chi connectivity index (χ1) is 9.65. The minimum atomic E-state index is 0.139. The topological polar surface area (TPSA) is 50.8 Å². The molecule has 0 aliphatic heterocycles. The van der Waals surface area contributed by atoms with Gasteiger partial charge in [-0.25, -0.2) is 0 Å². The number of benzene rings is 1. The van der Waals surface area contributed by atoms with Gasteiger partial charge in [0.1, 0.15) is 17.7 Å². The summed E-state index contributed by atoms with van der Waals surface area (Å²) >= 11 is 0. The molecule has 20 heavy (non-hydrogen) atoms. The van der Waals surface area contributed by atoms with Gasteiger partial charge < -0.3 is 4.90 Å². The number of nitrogens with zero attached hydrogens (tertiary/aromatic N) is 3. The summed E-state index contributed by atoms with van der Waals surface area (Å²) in [4.78, 5) is 2.37. The fourth-order valence-corrected chi connectivity index (χ4v) is 2.17. The Bertz CT molecular complexity index is 537. The van der Waals surface area contributed by atoms with Crippen LogP contribution in [0.25, 0.3) is 6.08 Å². The van der Waals surface area contributed by atoms with Crippen molar-refractivity contribution in [3.05, 3.63) is 34.9 Å². The fourth-order valence-electron chi connectivity index (χ4n) is 2.17. The van der Waals surface area contributed by atoms with Gasteiger partial charge in [0.05, 0.1) is 0 Å². The average Bonchev–Trinajstić information content (AvgIpc) is 2.46. The zero-order chi connectivity index (χ0) is 15.0. The van der Waals surface area contributed by atoms with E-state index in [-0.39, 0.29) is 5.57 Å². The molecule has 0 bridgehead atoms. The van der Waals surface area contributed by atoms with E-state index in [4.69, 9.17) is 10.5 Å². The number of allylic oxidation sites excluding steroid dienone is 1. The Morgan fingerprint density at radius 1 is 1.15 bits per heavy atom. The fraction of sp³-hybridized carbons (Fsp3) is 0.412. The van der Waals surface area contributed by atoms with Gasteiger partial charge >= 0.3 is 0 Å². The summed E-state index contributed by atoms with van der Waals surface area (Å²) in [5, 5.41) is 17.6. The second kappa shape index (κ2) is 8.02. The van der Waals surface area contributed by atoms with Crippen LogP contribution >= 0.6 is 0 Å². The Balaban J connectivity index is 3.07. The molecule has 0 fully saturated rings. The molecule has 0 aliphatic rings. The summed E-state index contributed by atoms with van der Waals surface area (Å²) in [6.07, 6.45) is 3.88. The SMILES string of the molecule is CCCN(CCC)c1ccc(C=C(C#N)C#N)c(C)c1. The van der Waals surface area contributed by atoms with Gasteiger partial charge in [-0.05, 0) is 49.1 Å². The lowest BCUT2D eigenvalue weighted by Gasteiger charge is -2.24. The Kier molecular flexibility index (Phi) is 6.33. The highest BCUT2D eigenvalue weighted by Gasteiger charge is 2.06. The largest absolute Gasteiger partial charge is 0.372 e. The summed E-state index contributed by atoms with van der Waals surface area (Å²) in [6, 6.07) is 9.97. The molecule has 104 valence electrons. The lowest BCUT2D eigenvalue weighted by atomic mass is 10.0. The molecule has 0 aromatic heterocycles. The van der Waals surface area contributed by atoms with Crippen molar-refractivity contribution in [2.24, 2.45) is 0 Å². The average molecular weight is 267 g/mol. The third kappa shape index (κ3) is 4.14. The molecule has 3 heteroatoms. The molecule has 0 amide bonds. The highest BCUT2D eigenvalue weighted by Crippen LogP contribution is 2.21. The van der Waals surface area contributed by atoms with E-state index in [2.05, 4.69) is 30.9 Å². The number of rotatable bonds is 6. The Morgan fingerprint density at radius 2 is 1.75 bits per heavy atom. The molecule has 0 aliphatic carbocycles. The number of nitriles is 2. The maximum absolute atomic E-state index is 8.81. The Labute approximate surface area is 121 Å². The van der Waals surface area contributed by atoms with Crippen LogP contribution < -0.4 is 4.90 Å². The smallest absolute Gasteiger partial charge is 0.130 e. The zero-order valence-corrected chi connectivity index (χ0v) is 12.5. The maximum atomic E-state index is 8.81. The van der Waals surface area contributed by atoms with Crippen LogP contribution in [-0.4, -0.2) is 13.1 Å². The summed E-state index contributed by atoms with van der Waals surface area (Å²) < 4.78 is 0. The summed E-state index contributed by atoms with van der Waals surface area (Å²) in [7, 11) is 0. The van der Waals surface area contributed by atoms with Crippen LogP contribution in [0.4, 0.5) is 5.69 Å². The highest BCUT2D eigenvalue weighted by molar-refractivity contribution is 5.66. The molecule has 0 unspecified atom stereocenters. The van der Waals surface area contributed by atoms with Crippen LogP contribution in [0.3, 0.4) is 0 Å². The van der Waals surface area contributed by atoms with Crippen molar-refractivity contribution in [1.82, 2.24) is 0 Å². The third-order valence-corrected chi connectivity index (χ3v) is 3.15. The van der Waals surface area contributed by atoms with Gasteiger partial charge in [0, 0.05) is 18.8 Å². The van der Waals surface area contributed by atoms with Gasteiger partial charge in [-0.2, -0.15) is 10.5 Å². The van der Waals surface area contributed by atoms with Gasteiger partial charge in [-0.1, -0.05) is 19.9 Å². The van der Waals surface area contributed by atoms with Crippen LogP contribution in [0.5, 0.6) is 0 Å². The first kappa shape index (κ1) is 15.8. The van der Waals surface area contributed by atoms with Gasteiger partial charge in [0.15, 0.2) is 0 Å². The van der Waals surface area contributed by atoms with Gasteiger partial charge in [-0.3, -0.25) is 0 Å².